The van der Waals surface area contributed by atoms with E-state index >= 15 is 0 Å². The Balaban J connectivity index is 2.04. The number of nitrogens with zero attached hydrogens (tertiary/aromatic N) is 1. The predicted molar refractivity (Wildman–Crippen MR) is 109 cm³/mol. The maximum absolute atomic E-state index is 13.0. The van der Waals surface area contributed by atoms with Crippen LogP contribution >= 0.6 is 15.9 Å². The van der Waals surface area contributed by atoms with E-state index in [9.17, 15) is 14.4 Å². The number of urea groups is 1. The Labute approximate surface area is 170 Å². The average Bonchev–Trinajstić information content (AvgIpc) is 2.65. The van der Waals surface area contributed by atoms with Gasteiger partial charge in [-0.1, -0.05) is 40.0 Å². The van der Waals surface area contributed by atoms with E-state index in [1.165, 1.54) is 6.08 Å². The van der Waals surface area contributed by atoms with Gasteiger partial charge < -0.3 is 4.74 Å². The summed E-state index contributed by atoms with van der Waals surface area (Å²) in [6.45, 7) is 1.81. The van der Waals surface area contributed by atoms with Gasteiger partial charge in [0.1, 0.15) is 17.9 Å². The molecule has 0 spiro atoms. The highest BCUT2D eigenvalue weighted by atomic mass is 79.9. The largest absolute Gasteiger partial charge is 0.480 e. The molecule has 1 heterocycles. The number of halogens is 1. The second-order valence-electron chi connectivity index (χ2n) is 5.92. The van der Waals surface area contributed by atoms with Crippen molar-refractivity contribution in [3.8, 4) is 18.1 Å². The van der Waals surface area contributed by atoms with E-state index in [0.717, 1.165) is 9.37 Å². The first-order chi connectivity index (χ1) is 13.4. The number of rotatable bonds is 4. The van der Waals surface area contributed by atoms with Crippen molar-refractivity contribution in [1.82, 2.24) is 5.32 Å². The van der Waals surface area contributed by atoms with E-state index < -0.39 is 17.8 Å². The quantitative estimate of drug-likeness (QED) is 0.450. The second-order valence-corrected chi connectivity index (χ2v) is 6.83. The number of amides is 4. The molecule has 140 valence electrons. The summed E-state index contributed by atoms with van der Waals surface area (Å²) in [5.41, 5.74) is 1.40. The minimum Gasteiger partial charge on any atom is -0.480 e. The van der Waals surface area contributed by atoms with E-state index in [0.29, 0.717) is 22.6 Å². The van der Waals surface area contributed by atoms with Crippen LogP contribution in [0.3, 0.4) is 0 Å². The molecular weight excluding hydrogens is 424 g/mol. The number of hydrogen-bond donors (Lipinski definition) is 1. The smallest absolute Gasteiger partial charge is 0.335 e. The number of imide groups is 2. The van der Waals surface area contributed by atoms with E-state index in [1.807, 2.05) is 0 Å². The second kappa shape index (κ2) is 8.11. The summed E-state index contributed by atoms with van der Waals surface area (Å²) >= 11 is 3.35. The summed E-state index contributed by atoms with van der Waals surface area (Å²) in [4.78, 5) is 38.6. The Bertz CT molecular complexity index is 1050. The van der Waals surface area contributed by atoms with Gasteiger partial charge in [-0.2, -0.15) is 0 Å². The third-order valence-electron chi connectivity index (χ3n) is 4.03. The van der Waals surface area contributed by atoms with Crippen molar-refractivity contribution >= 4 is 45.5 Å². The van der Waals surface area contributed by atoms with Crippen LogP contribution in [0.4, 0.5) is 10.5 Å². The molecule has 28 heavy (non-hydrogen) atoms. The molecule has 1 N–H and O–H groups in total. The maximum Gasteiger partial charge on any atom is 0.335 e. The van der Waals surface area contributed by atoms with Crippen LogP contribution in [0.25, 0.3) is 6.08 Å². The molecule has 1 fully saturated rings. The van der Waals surface area contributed by atoms with Gasteiger partial charge in [-0.05, 0) is 42.8 Å². The predicted octanol–water partition coefficient (Wildman–Crippen LogP) is 3.44. The van der Waals surface area contributed by atoms with Crippen LogP contribution in [0.5, 0.6) is 5.75 Å². The van der Waals surface area contributed by atoms with Gasteiger partial charge >= 0.3 is 6.03 Å². The third kappa shape index (κ3) is 3.82. The van der Waals surface area contributed by atoms with E-state index in [2.05, 4.69) is 27.2 Å². The van der Waals surface area contributed by atoms with E-state index in [4.69, 9.17) is 11.2 Å². The molecule has 7 heteroatoms. The van der Waals surface area contributed by atoms with Crippen LogP contribution in [-0.4, -0.2) is 24.5 Å². The molecule has 0 aromatic heterocycles. The number of carbonyl (C=O) groups excluding carboxylic acids is 3. The van der Waals surface area contributed by atoms with Gasteiger partial charge in [0.25, 0.3) is 11.8 Å². The molecule has 0 aliphatic carbocycles. The fourth-order valence-corrected chi connectivity index (χ4v) is 3.23. The summed E-state index contributed by atoms with van der Waals surface area (Å²) in [7, 11) is 0. The molecule has 0 atom stereocenters. The van der Waals surface area contributed by atoms with Crippen molar-refractivity contribution in [2.24, 2.45) is 0 Å². The summed E-state index contributed by atoms with van der Waals surface area (Å²) in [5.74, 6) is 1.30. The van der Waals surface area contributed by atoms with Gasteiger partial charge in [0, 0.05) is 10.0 Å². The number of aryl methyl sites for hydroxylation is 1. The molecule has 0 bridgehead atoms. The summed E-state index contributed by atoms with van der Waals surface area (Å²) in [5, 5.41) is 2.21. The van der Waals surface area contributed by atoms with Crippen LogP contribution in [-0.2, 0) is 9.59 Å². The number of nitrogens with one attached hydrogen (secondary N) is 1. The lowest BCUT2D eigenvalue weighted by Crippen LogP contribution is -2.54. The van der Waals surface area contributed by atoms with Gasteiger partial charge in [0.2, 0.25) is 0 Å². The topological polar surface area (TPSA) is 75.7 Å². The van der Waals surface area contributed by atoms with Crippen molar-refractivity contribution in [2.75, 3.05) is 11.5 Å². The first kappa shape index (κ1) is 19.4. The number of terminal acetylenes is 1. The summed E-state index contributed by atoms with van der Waals surface area (Å²) in [6.07, 6.45) is 6.61. The molecule has 0 radical (unpaired) electrons. The highest BCUT2D eigenvalue weighted by molar-refractivity contribution is 9.10. The van der Waals surface area contributed by atoms with Crippen LogP contribution in [0.15, 0.2) is 52.5 Å². The van der Waals surface area contributed by atoms with Crippen LogP contribution in [0.2, 0.25) is 0 Å². The number of para-hydroxylation sites is 1. The number of anilines is 1. The molecule has 1 aliphatic rings. The molecule has 3 rings (SSSR count). The molecule has 6 nitrogen and oxygen atoms in total. The first-order valence-corrected chi connectivity index (χ1v) is 9.04. The van der Waals surface area contributed by atoms with Gasteiger partial charge in [-0.15, -0.1) is 6.42 Å². The lowest BCUT2D eigenvalue weighted by atomic mass is 10.1. The number of barbiturate groups is 1. The zero-order valence-corrected chi connectivity index (χ0v) is 16.4. The van der Waals surface area contributed by atoms with E-state index in [1.54, 1.807) is 49.4 Å². The average molecular weight is 439 g/mol. The Morgan fingerprint density at radius 3 is 2.68 bits per heavy atom. The van der Waals surface area contributed by atoms with Gasteiger partial charge in [-0.3, -0.25) is 14.9 Å². The van der Waals surface area contributed by atoms with Crippen LogP contribution < -0.4 is 15.0 Å². The molecule has 1 aliphatic heterocycles. The molecule has 1 saturated heterocycles. The number of ether oxygens (including phenoxy) is 1. The number of carbonyl (C=O) groups is 3. The fourth-order valence-electron chi connectivity index (χ4n) is 2.75. The lowest BCUT2D eigenvalue weighted by molar-refractivity contribution is -0.122. The highest BCUT2D eigenvalue weighted by Crippen LogP contribution is 2.28. The zero-order valence-electron chi connectivity index (χ0n) is 14.9. The monoisotopic (exact) mass is 438 g/mol. The Morgan fingerprint density at radius 1 is 1.21 bits per heavy atom. The van der Waals surface area contributed by atoms with Gasteiger partial charge in [-0.25, -0.2) is 9.69 Å². The molecule has 0 saturated carbocycles. The van der Waals surface area contributed by atoms with Crippen molar-refractivity contribution in [3.05, 3.63) is 63.6 Å². The van der Waals surface area contributed by atoms with Gasteiger partial charge in [0.15, 0.2) is 0 Å². The molecule has 0 unspecified atom stereocenters. The van der Waals surface area contributed by atoms with Crippen molar-refractivity contribution in [2.45, 2.75) is 6.92 Å². The summed E-state index contributed by atoms with van der Waals surface area (Å²) in [6, 6.07) is 11.2. The minimum absolute atomic E-state index is 0.0447. The normalized spacial score (nSPS) is 15.4. The Morgan fingerprint density at radius 2 is 1.96 bits per heavy atom. The lowest BCUT2D eigenvalue weighted by Gasteiger charge is -2.27. The third-order valence-corrected chi connectivity index (χ3v) is 4.52. The Hall–Kier alpha value is -3.37. The summed E-state index contributed by atoms with van der Waals surface area (Å²) < 4.78 is 6.26. The molecule has 2 aromatic rings. The minimum atomic E-state index is -0.797. The van der Waals surface area contributed by atoms with Crippen LogP contribution in [0.1, 0.15) is 11.1 Å². The van der Waals surface area contributed by atoms with Gasteiger partial charge in [0.05, 0.1) is 5.69 Å². The SMILES string of the molecule is C#CCOc1ccccc1/C=C1/C(=O)NC(=O)N(c2ccc(Br)cc2C)C1=O. The molecule has 4 amide bonds. The number of hydrogen-bond acceptors (Lipinski definition) is 4. The molecular formula is C21H15BrN2O4. The fraction of sp³-hybridized carbons (Fsp3) is 0.0952. The van der Waals surface area contributed by atoms with Crippen LogP contribution in [0, 0.1) is 19.3 Å². The van der Waals surface area contributed by atoms with Crippen molar-refractivity contribution < 1.29 is 19.1 Å². The maximum atomic E-state index is 13.0. The zero-order chi connectivity index (χ0) is 20.3. The van der Waals surface area contributed by atoms with Crippen molar-refractivity contribution in [3.63, 3.8) is 0 Å². The number of benzene rings is 2. The Kier molecular flexibility index (Phi) is 5.62. The standard InChI is InChI=1S/C21H15BrN2O4/c1-3-10-28-18-7-5-4-6-14(18)12-16-19(25)23-21(27)24(20(16)26)17-9-8-15(22)11-13(17)2/h1,4-9,11-12H,10H2,2H3,(H,23,25,27)/b16-12-. The molecule has 2 aromatic carbocycles. The van der Waals surface area contributed by atoms with Crippen molar-refractivity contribution in [1.29, 1.82) is 0 Å². The highest BCUT2D eigenvalue weighted by Gasteiger charge is 2.37. The van der Waals surface area contributed by atoms with E-state index in [-0.39, 0.29) is 12.2 Å². The first-order valence-electron chi connectivity index (χ1n) is 8.25.